The highest BCUT2D eigenvalue weighted by Crippen LogP contribution is 2.64. The fourth-order valence-corrected chi connectivity index (χ4v) is 5.50. The third kappa shape index (κ3) is 3.17. The summed E-state index contributed by atoms with van der Waals surface area (Å²) in [4.78, 5) is 0. The largest absolute Gasteiger partial charge is 0.363 e. The molecule has 2 fully saturated rings. The van der Waals surface area contributed by atoms with E-state index in [-0.39, 0.29) is 18.8 Å². The van der Waals surface area contributed by atoms with Crippen molar-refractivity contribution >= 4 is 92.8 Å². The summed E-state index contributed by atoms with van der Waals surface area (Å²) in [5.41, 5.74) is 0. The van der Waals surface area contributed by atoms with Gasteiger partial charge in [0.25, 0.3) is 0 Å². The molecular formula is C12H14Cl8O2. The van der Waals surface area contributed by atoms with Crippen LogP contribution in [0.5, 0.6) is 0 Å². The van der Waals surface area contributed by atoms with E-state index in [9.17, 15) is 10.2 Å². The molecule has 130 valence electrons. The Bertz CT molecular complexity index is 448. The van der Waals surface area contributed by atoms with Gasteiger partial charge in [0.1, 0.15) is 0 Å². The van der Waals surface area contributed by atoms with Crippen molar-refractivity contribution in [3.05, 3.63) is 0 Å². The van der Waals surface area contributed by atoms with Crippen LogP contribution in [0, 0.1) is 11.8 Å². The molecule has 2 aliphatic carbocycles. The van der Waals surface area contributed by atoms with Crippen molar-refractivity contribution in [1.29, 1.82) is 0 Å². The molecule has 2 N–H and O–H groups in total. The minimum atomic E-state index is -2.40. The molecule has 2 atom stereocenters. The molecule has 0 aromatic rings. The fourth-order valence-electron chi connectivity index (χ4n) is 3.20. The molecular weight excluding hydrogens is 460 g/mol. The van der Waals surface area contributed by atoms with Gasteiger partial charge < -0.3 is 10.2 Å². The molecule has 0 bridgehead atoms. The summed E-state index contributed by atoms with van der Waals surface area (Å²) < 4.78 is -6.62. The molecule has 22 heavy (non-hydrogen) atoms. The van der Waals surface area contributed by atoms with Crippen LogP contribution in [0.4, 0.5) is 0 Å². The van der Waals surface area contributed by atoms with Crippen LogP contribution in [0.25, 0.3) is 0 Å². The molecule has 0 aromatic heterocycles. The predicted octanol–water partition coefficient (Wildman–Crippen LogP) is 5.57. The molecule has 0 radical (unpaired) electrons. The van der Waals surface area contributed by atoms with E-state index >= 15 is 0 Å². The van der Waals surface area contributed by atoms with Crippen molar-refractivity contribution < 1.29 is 10.2 Å². The monoisotopic (exact) mass is 470 g/mol. The lowest BCUT2D eigenvalue weighted by Crippen LogP contribution is -2.64. The highest BCUT2D eigenvalue weighted by atomic mass is 35.5. The molecule has 0 spiro atoms. The highest BCUT2D eigenvalue weighted by molar-refractivity contribution is 6.63. The molecule has 2 unspecified atom stereocenters. The Morgan fingerprint density at radius 1 is 0.727 bits per heavy atom. The summed E-state index contributed by atoms with van der Waals surface area (Å²) in [5, 5.41) is 19.9. The van der Waals surface area contributed by atoms with Crippen LogP contribution < -0.4 is 0 Å². The summed E-state index contributed by atoms with van der Waals surface area (Å²) in [5.74, 6) is -3.00. The zero-order chi connectivity index (χ0) is 17.2. The molecule has 10 heteroatoms. The number of rotatable bonds is 1. The first-order valence-corrected chi connectivity index (χ1v) is 9.64. The van der Waals surface area contributed by atoms with Gasteiger partial charge in [0.2, 0.25) is 4.33 Å². The first kappa shape index (κ1) is 20.6. The minimum absolute atomic E-state index is 0.0766. The van der Waals surface area contributed by atoms with Crippen molar-refractivity contribution in [1.82, 2.24) is 0 Å². The third-order valence-electron chi connectivity index (χ3n) is 4.64. The first-order valence-electron chi connectivity index (χ1n) is 6.62. The van der Waals surface area contributed by atoms with Crippen molar-refractivity contribution in [2.45, 2.75) is 55.2 Å². The molecule has 0 aliphatic heterocycles. The standard InChI is InChI=1S/C12H14Cl8O2/c13-8(14)3-1-6(5-9(8,15)16)7-2-4-10(21,22)12(19,20)11(7,17)18/h6-7,21-22H,1-5H2. The van der Waals surface area contributed by atoms with E-state index in [1.165, 1.54) is 0 Å². The van der Waals surface area contributed by atoms with Gasteiger partial charge in [-0.15, -0.1) is 0 Å². The van der Waals surface area contributed by atoms with Crippen molar-refractivity contribution in [3.8, 4) is 0 Å². The van der Waals surface area contributed by atoms with Gasteiger partial charge in [-0.25, -0.2) is 0 Å². The van der Waals surface area contributed by atoms with E-state index in [1.807, 2.05) is 0 Å². The Kier molecular flexibility index (Phi) is 5.74. The average molecular weight is 474 g/mol. The molecule has 0 heterocycles. The zero-order valence-corrected chi connectivity index (χ0v) is 17.2. The van der Waals surface area contributed by atoms with Crippen LogP contribution in [0.15, 0.2) is 0 Å². The molecule has 0 saturated heterocycles. The third-order valence-corrected chi connectivity index (χ3v) is 9.72. The van der Waals surface area contributed by atoms with Crippen molar-refractivity contribution in [3.63, 3.8) is 0 Å². The minimum Gasteiger partial charge on any atom is -0.363 e. The lowest BCUT2D eigenvalue weighted by atomic mass is 9.70. The van der Waals surface area contributed by atoms with Gasteiger partial charge >= 0.3 is 0 Å². The van der Waals surface area contributed by atoms with Gasteiger partial charge in [0.15, 0.2) is 18.8 Å². The molecule has 2 nitrogen and oxygen atoms in total. The van der Waals surface area contributed by atoms with Crippen LogP contribution in [0.3, 0.4) is 0 Å². The van der Waals surface area contributed by atoms with E-state index in [0.717, 1.165) is 0 Å². The first-order chi connectivity index (χ1) is 9.66. The number of hydrogen-bond acceptors (Lipinski definition) is 2. The maximum absolute atomic E-state index is 9.97. The van der Waals surface area contributed by atoms with Gasteiger partial charge in [0, 0.05) is 6.42 Å². The maximum Gasteiger partial charge on any atom is 0.203 e. The average Bonchev–Trinajstić information content (AvgIpc) is 2.31. The molecule has 2 rings (SSSR count). The fraction of sp³-hybridized carbons (Fsp3) is 1.00. The van der Waals surface area contributed by atoms with E-state index in [4.69, 9.17) is 92.8 Å². The molecule has 2 saturated carbocycles. The van der Waals surface area contributed by atoms with E-state index < -0.39 is 29.0 Å². The highest BCUT2D eigenvalue weighted by Gasteiger charge is 2.68. The number of halogens is 8. The topological polar surface area (TPSA) is 40.5 Å². The maximum atomic E-state index is 9.97. The van der Waals surface area contributed by atoms with E-state index in [2.05, 4.69) is 0 Å². The van der Waals surface area contributed by atoms with Gasteiger partial charge in [-0.05, 0) is 37.5 Å². The second kappa shape index (κ2) is 6.15. The Hall–Kier alpha value is 2.24. The number of hydrogen-bond donors (Lipinski definition) is 2. The lowest BCUT2D eigenvalue weighted by Gasteiger charge is -2.54. The molecule has 2 aliphatic rings. The number of aliphatic hydroxyl groups is 2. The lowest BCUT2D eigenvalue weighted by molar-refractivity contribution is -0.198. The second-order valence-corrected chi connectivity index (χ2v) is 11.8. The van der Waals surface area contributed by atoms with E-state index in [0.29, 0.717) is 19.3 Å². The Balaban J connectivity index is 2.28. The van der Waals surface area contributed by atoms with Gasteiger partial charge in [-0.2, -0.15) is 0 Å². The SMILES string of the molecule is OC1(O)CCC(C2CCC(Cl)(Cl)C(Cl)(Cl)C2)C(Cl)(Cl)C1(Cl)Cl. The van der Waals surface area contributed by atoms with Gasteiger partial charge in [0.05, 0.1) is 0 Å². The second-order valence-electron chi connectivity index (χ2n) is 6.07. The zero-order valence-electron chi connectivity index (χ0n) is 11.1. The van der Waals surface area contributed by atoms with Gasteiger partial charge in [-0.3, -0.25) is 0 Å². The summed E-state index contributed by atoms with van der Waals surface area (Å²) >= 11 is 49.6. The predicted molar refractivity (Wildman–Crippen MR) is 95.0 cm³/mol. The van der Waals surface area contributed by atoms with Crippen molar-refractivity contribution in [2.75, 3.05) is 0 Å². The summed E-state index contributed by atoms with van der Waals surface area (Å²) in [6.07, 6.45) is 1.37. The van der Waals surface area contributed by atoms with Crippen molar-refractivity contribution in [2.24, 2.45) is 11.8 Å². The van der Waals surface area contributed by atoms with Crippen LogP contribution in [-0.4, -0.2) is 33.3 Å². The smallest absolute Gasteiger partial charge is 0.203 e. The molecule has 0 aromatic carbocycles. The van der Waals surface area contributed by atoms with Crippen LogP contribution in [0.2, 0.25) is 0 Å². The normalized spacial score (nSPS) is 38.5. The Labute approximate surface area is 169 Å². The Morgan fingerprint density at radius 2 is 1.27 bits per heavy atom. The van der Waals surface area contributed by atoms with E-state index in [1.54, 1.807) is 0 Å². The van der Waals surface area contributed by atoms with Crippen LogP contribution in [-0.2, 0) is 0 Å². The van der Waals surface area contributed by atoms with Gasteiger partial charge in [-0.1, -0.05) is 92.8 Å². The number of alkyl halides is 8. The Morgan fingerprint density at radius 3 is 1.77 bits per heavy atom. The summed E-state index contributed by atoms with van der Waals surface area (Å²) in [6, 6.07) is 0. The van der Waals surface area contributed by atoms with Crippen LogP contribution in [0.1, 0.15) is 32.1 Å². The summed E-state index contributed by atoms with van der Waals surface area (Å²) in [6.45, 7) is 0. The summed E-state index contributed by atoms with van der Waals surface area (Å²) in [7, 11) is 0. The molecule has 0 amide bonds. The van der Waals surface area contributed by atoms with Crippen LogP contribution >= 0.6 is 92.8 Å². The quantitative estimate of drug-likeness (QED) is 0.386.